The van der Waals surface area contributed by atoms with Crippen LogP contribution in [0.15, 0.2) is 18.2 Å². The molecule has 4 N–H and O–H groups in total. The molecule has 4 rings (SSSR count). The number of benzene rings is 1. The van der Waals surface area contributed by atoms with E-state index in [1.165, 1.54) is 6.07 Å². The van der Waals surface area contributed by atoms with Crippen molar-refractivity contribution in [1.29, 1.82) is 0 Å². The molecule has 3 fully saturated rings. The Morgan fingerprint density at radius 2 is 1.90 bits per heavy atom. The standard InChI is InChI=1S/C21H27FN4O4/c1-12-15(22)3-2-4-16(12)25-5-7-26(8-6-25)19(28)17-13(20(29)30)9-21(11-24-17)10-14(21)18(23)27/h2-4,13-14,17,24H,5-11H2,1H3,(H2,23,27)(H,29,30). The third kappa shape index (κ3) is 3.51. The van der Waals surface area contributed by atoms with Crippen molar-refractivity contribution in [2.45, 2.75) is 25.8 Å². The van der Waals surface area contributed by atoms with Crippen LogP contribution in [0.5, 0.6) is 0 Å². The highest BCUT2D eigenvalue weighted by atomic mass is 19.1. The monoisotopic (exact) mass is 418 g/mol. The molecule has 1 aliphatic carbocycles. The largest absolute Gasteiger partial charge is 0.481 e. The Bertz CT molecular complexity index is 886. The molecule has 0 radical (unpaired) electrons. The number of hydrogen-bond donors (Lipinski definition) is 3. The van der Waals surface area contributed by atoms with E-state index < -0.39 is 29.3 Å². The van der Waals surface area contributed by atoms with Crippen LogP contribution in [0.2, 0.25) is 0 Å². The van der Waals surface area contributed by atoms with Crippen molar-refractivity contribution in [2.24, 2.45) is 23.0 Å². The quantitative estimate of drug-likeness (QED) is 0.649. The Balaban J connectivity index is 1.41. The number of amides is 2. The molecule has 2 saturated heterocycles. The van der Waals surface area contributed by atoms with E-state index in [0.29, 0.717) is 44.7 Å². The van der Waals surface area contributed by atoms with Crippen LogP contribution in [0, 0.1) is 30.0 Å². The van der Waals surface area contributed by atoms with Crippen LogP contribution < -0.4 is 16.0 Å². The molecule has 4 atom stereocenters. The molecule has 2 aliphatic heterocycles. The van der Waals surface area contributed by atoms with Gasteiger partial charge in [-0.25, -0.2) is 4.39 Å². The van der Waals surface area contributed by atoms with E-state index in [1.807, 2.05) is 11.0 Å². The van der Waals surface area contributed by atoms with Crippen LogP contribution in [0.3, 0.4) is 0 Å². The summed E-state index contributed by atoms with van der Waals surface area (Å²) in [5.41, 5.74) is 6.36. The first-order valence-electron chi connectivity index (χ1n) is 10.3. The van der Waals surface area contributed by atoms with Crippen LogP contribution in [-0.4, -0.2) is 66.6 Å². The summed E-state index contributed by atoms with van der Waals surface area (Å²) < 4.78 is 13.9. The Hall–Kier alpha value is -2.68. The molecule has 9 heteroatoms. The summed E-state index contributed by atoms with van der Waals surface area (Å²) in [5.74, 6) is -3.15. The summed E-state index contributed by atoms with van der Waals surface area (Å²) in [6.45, 7) is 4.13. The first-order valence-corrected chi connectivity index (χ1v) is 10.3. The second-order valence-corrected chi connectivity index (χ2v) is 8.73. The molecule has 8 nitrogen and oxygen atoms in total. The highest BCUT2D eigenvalue weighted by molar-refractivity contribution is 5.89. The van der Waals surface area contributed by atoms with Crippen molar-refractivity contribution in [3.63, 3.8) is 0 Å². The number of carbonyl (C=O) groups is 3. The summed E-state index contributed by atoms with van der Waals surface area (Å²) in [5, 5.41) is 12.8. The van der Waals surface area contributed by atoms with E-state index in [2.05, 4.69) is 5.32 Å². The molecule has 4 unspecified atom stereocenters. The van der Waals surface area contributed by atoms with E-state index in [-0.39, 0.29) is 24.1 Å². The van der Waals surface area contributed by atoms with Gasteiger partial charge in [0.2, 0.25) is 11.8 Å². The molecular formula is C21H27FN4O4. The molecule has 162 valence electrons. The average molecular weight is 418 g/mol. The van der Waals surface area contributed by atoms with Crippen molar-refractivity contribution < 1.29 is 23.9 Å². The number of anilines is 1. The fourth-order valence-corrected chi connectivity index (χ4v) is 5.05. The lowest BCUT2D eigenvalue weighted by Gasteiger charge is -2.41. The van der Waals surface area contributed by atoms with Crippen LogP contribution in [0.4, 0.5) is 10.1 Å². The number of nitrogens with zero attached hydrogens (tertiary/aromatic N) is 2. The van der Waals surface area contributed by atoms with Crippen LogP contribution >= 0.6 is 0 Å². The number of hydrogen-bond acceptors (Lipinski definition) is 5. The summed E-state index contributed by atoms with van der Waals surface area (Å²) >= 11 is 0. The lowest BCUT2D eigenvalue weighted by molar-refractivity contribution is -0.151. The maximum absolute atomic E-state index is 13.9. The molecule has 1 aromatic carbocycles. The van der Waals surface area contributed by atoms with Gasteiger partial charge < -0.3 is 26.0 Å². The second kappa shape index (κ2) is 7.54. The third-order valence-corrected chi connectivity index (χ3v) is 6.99. The van der Waals surface area contributed by atoms with Gasteiger partial charge in [0.05, 0.1) is 5.92 Å². The third-order valence-electron chi connectivity index (χ3n) is 6.99. The number of piperidine rings is 1. The molecule has 1 spiro atoms. The molecule has 0 aromatic heterocycles. The number of halogens is 1. The number of carbonyl (C=O) groups excluding carboxylic acids is 2. The number of nitrogens with one attached hydrogen (secondary N) is 1. The van der Waals surface area contributed by atoms with Gasteiger partial charge in [-0.2, -0.15) is 0 Å². The number of rotatable bonds is 4. The summed E-state index contributed by atoms with van der Waals surface area (Å²) in [6, 6.07) is 4.15. The van der Waals surface area contributed by atoms with Crippen molar-refractivity contribution in [2.75, 3.05) is 37.6 Å². The average Bonchev–Trinajstić information content (AvgIpc) is 3.43. The Morgan fingerprint density at radius 3 is 2.50 bits per heavy atom. The van der Waals surface area contributed by atoms with Gasteiger partial charge in [-0.3, -0.25) is 14.4 Å². The minimum atomic E-state index is -1.04. The molecule has 1 saturated carbocycles. The Labute approximate surface area is 174 Å². The van der Waals surface area contributed by atoms with Crippen molar-refractivity contribution >= 4 is 23.5 Å². The predicted molar refractivity (Wildman–Crippen MR) is 107 cm³/mol. The lowest BCUT2D eigenvalue weighted by atomic mass is 9.80. The minimum Gasteiger partial charge on any atom is -0.481 e. The highest BCUT2D eigenvalue weighted by Gasteiger charge is 2.62. The Morgan fingerprint density at radius 1 is 1.20 bits per heavy atom. The van der Waals surface area contributed by atoms with Gasteiger partial charge in [-0.15, -0.1) is 0 Å². The van der Waals surface area contributed by atoms with Crippen molar-refractivity contribution in [1.82, 2.24) is 10.2 Å². The molecule has 3 aliphatic rings. The number of carboxylic acid groups (broad SMARTS) is 1. The smallest absolute Gasteiger partial charge is 0.308 e. The number of nitrogens with two attached hydrogens (primary N) is 1. The van der Waals surface area contributed by atoms with Crippen LogP contribution in [0.25, 0.3) is 0 Å². The maximum Gasteiger partial charge on any atom is 0.308 e. The summed E-state index contributed by atoms with van der Waals surface area (Å²) in [6.07, 6.45) is 0.855. The maximum atomic E-state index is 13.9. The van der Waals surface area contributed by atoms with Gasteiger partial charge >= 0.3 is 5.97 Å². The molecule has 2 heterocycles. The number of piperazine rings is 1. The van der Waals surface area contributed by atoms with E-state index in [1.54, 1.807) is 17.9 Å². The molecular weight excluding hydrogens is 391 g/mol. The van der Waals surface area contributed by atoms with Crippen molar-refractivity contribution in [3.05, 3.63) is 29.6 Å². The predicted octanol–water partition coefficient (Wildman–Crippen LogP) is 0.337. The lowest BCUT2D eigenvalue weighted by Crippen LogP contribution is -2.60. The fourth-order valence-electron chi connectivity index (χ4n) is 5.05. The minimum absolute atomic E-state index is 0.232. The van der Waals surface area contributed by atoms with Gasteiger partial charge in [-0.1, -0.05) is 6.07 Å². The van der Waals surface area contributed by atoms with E-state index in [4.69, 9.17) is 5.73 Å². The molecule has 30 heavy (non-hydrogen) atoms. The molecule has 0 bridgehead atoms. The number of primary amides is 1. The first-order chi connectivity index (χ1) is 14.2. The molecule has 2 amide bonds. The first kappa shape index (κ1) is 20.6. The van der Waals surface area contributed by atoms with Crippen molar-refractivity contribution in [3.8, 4) is 0 Å². The summed E-state index contributed by atoms with van der Waals surface area (Å²) in [4.78, 5) is 40.2. The van der Waals surface area contributed by atoms with Gasteiger partial charge in [-0.05, 0) is 37.3 Å². The van der Waals surface area contributed by atoms with Gasteiger partial charge in [0.15, 0.2) is 0 Å². The van der Waals surface area contributed by atoms with E-state index in [9.17, 15) is 23.9 Å². The number of carboxylic acids is 1. The van der Waals surface area contributed by atoms with Gasteiger partial charge in [0.25, 0.3) is 0 Å². The normalized spacial score (nSPS) is 30.9. The van der Waals surface area contributed by atoms with Gasteiger partial charge in [0, 0.05) is 49.9 Å². The van der Waals surface area contributed by atoms with Crippen LogP contribution in [-0.2, 0) is 14.4 Å². The topological polar surface area (TPSA) is 116 Å². The zero-order valence-electron chi connectivity index (χ0n) is 16.9. The highest BCUT2D eigenvalue weighted by Crippen LogP contribution is 2.58. The van der Waals surface area contributed by atoms with Crippen LogP contribution in [0.1, 0.15) is 18.4 Å². The Kier molecular flexibility index (Phi) is 5.17. The van der Waals surface area contributed by atoms with E-state index >= 15 is 0 Å². The fraction of sp³-hybridized carbons (Fsp3) is 0.571. The molecule has 1 aromatic rings. The number of aliphatic carboxylic acids is 1. The summed E-state index contributed by atoms with van der Waals surface area (Å²) in [7, 11) is 0. The zero-order chi connectivity index (χ0) is 21.6. The SMILES string of the molecule is Cc1c(F)cccc1N1CCN(C(=O)C2NCC3(CC2C(=O)O)CC3C(N)=O)CC1. The zero-order valence-corrected chi connectivity index (χ0v) is 16.9. The van der Waals surface area contributed by atoms with Gasteiger partial charge in [0.1, 0.15) is 11.9 Å². The van der Waals surface area contributed by atoms with E-state index in [0.717, 1.165) is 5.69 Å². The second-order valence-electron chi connectivity index (χ2n) is 8.73.